The molecular weight excluding hydrogens is 622 g/mol. The normalized spacial score (nSPS) is 22.4. The molecule has 3 heterocycles. The Balaban J connectivity index is 1.17. The van der Waals surface area contributed by atoms with Crippen LogP contribution in [0, 0.1) is 5.92 Å². The van der Waals surface area contributed by atoms with Gasteiger partial charge in [-0.3, -0.25) is 19.3 Å². The van der Waals surface area contributed by atoms with Crippen LogP contribution in [0.5, 0.6) is 0 Å². The number of hydrogen-bond donors (Lipinski definition) is 1. The Hall–Kier alpha value is -2.54. The summed E-state index contributed by atoms with van der Waals surface area (Å²) < 4.78 is 30.0. The molecule has 0 unspecified atom stereocenters. The number of carbonyl (C=O) groups is 3. The highest BCUT2D eigenvalue weighted by Crippen LogP contribution is 2.25. The van der Waals surface area contributed by atoms with Crippen molar-refractivity contribution in [1.82, 2.24) is 24.3 Å². The summed E-state index contributed by atoms with van der Waals surface area (Å²) in [6.45, 7) is 8.63. The smallest absolute Gasteiger partial charge is 0.242 e. The summed E-state index contributed by atoms with van der Waals surface area (Å²) in [7, 11) is -3.94. The van der Waals surface area contributed by atoms with Gasteiger partial charge in [-0.25, -0.2) is 8.42 Å². The number of hydrogen-bond acceptors (Lipinski definition) is 6. The summed E-state index contributed by atoms with van der Waals surface area (Å²) in [5.74, 6) is -0.272. The maximum Gasteiger partial charge on any atom is 0.242 e. The van der Waals surface area contributed by atoms with Crippen LogP contribution in [-0.4, -0.2) is 110 Å². The van der Waals surface area contributed by atoms with E-state index in [0.717, 1.165) is 47.7 Å². The van der Waals surface area contributed by atoms with E-state index in [0.29, 0.717) is 39.0 Å². The highest BCUT2D eigenvalue weighted by Gasteiger charge is 2.37. The van der Waals surface area contributed by atoms with E-state index in [1.807, 2.05) is 41.8 Å². The lowest BCUT2D eigenvalue weighted by Gasteiger charge is -2.38. The van der Waals surface area contributed by atoms with Crippen LogP contribution in [0.25, 0.3) is 10.8 Å². The van der Waals surface area contributed by atoms with Crippen molar-refractivity contribution in [3.05, 3.63) is 40.9 Å². The van der Waals surface area contributed by atoms with Crippen molar-refractivity contribution >= 4 is 54.4 Å². The number of amides is 3. The molecule has 3 aliphatic rings. The lowest BCUT2D eigenvalue weighted by molar-refractivity contribution is -0.143. The minimum absolute atomic E-state index is 0.00608. The van der Waals surface area contributed by atoms with Gasteiger partial charge in [0.2, 0.25) is 27.7 Å². The number of fused-ring (bicyclic) bond motifs is 1. The minimum atomic E-state index is -3.94. The molecule has 12 heteroatoms. The Bertz CT molecular complexity index is 1440. The highest BCUT2D eigenvalue weighted by atomic mass is 79.9. The summed E-state index contributed by atoms with van der Waals surface area (Å²) in [5, 5.41) is 1.69. The van der Waals surface area contributed by atoms with Gasteiger partial charge >= 0.3 is 0 Å². The number of carbonyl (C=O) groups excluding carboxylic acids is 3. The molecule has 10 nitrogen and oxygen atoms in total. The third kappa shape index (κ3) is 6.98. The molecule has 3 fully saturated rings. The standard InChI is InChI=1S/C30H40BrN5O5S/c1-21(2)29(38)34-15-13-33(14-16-34)19-25-5-3-12-36(25)28(37)20-35-11-4-6-27(30(35)39)32-42(40,41)26-10-8-22-17-24(31)9-7-23(22)18-26/h7-10,17-18,21,25,27,32H,3-6,11-16,19-20H2,1-2H3/t25-,27-/m0/s1. The van der Waals surface area contributed by atoms with Gasteiger partial charge in [0.25, 0.3) is 0 Å². The van der Waals surface area contributed by atoms with Crippen LogP contribution >= 0.6 is 15.9 Å². The first-order valence-corrected chi connectivity index (χ1v) is 17.1. The van der Waals surface area contributed by atoms with Crippen molar-refractivity contribution in [1.29, 1.82) is 0 Å². The molecule has 1 N–H and O–H groups in total. The lowest BCUT2D eigenvalue weighted by Crippen LogP contribution is -2.56. The predicted octanol–water partition coefficient (Wildman–Crippen LogP) is 2.66. The number of nitrogens with zero attached hydrogens (tertiary/aromatic N) is 4. The predicted molar refractivity (Wildman–Crippen MR) is 164 cm³/mol. The molecule has 2 atom stereocenters. The van der Waals surface area contributed by atoms with Crippen LogP contribution in [-0.2, 0) is 24.4 Å². The Morgan fingerprint density at radius 3 is 2.38 bits per heavy atom. The summed E-state index contributed by atoms with van der Waals surface area (Å²) in [6.07, 6.45) is 2.83. The molecule has 0 radical (unpaired) electrons. The average Bonchev–Trinajstić information content (AvgIpc) is 3.43. The van der Waals surface area contributed by atoms with E-state index in [-0.39, 0.29) is 41.1 Å². The number of rotatable bonds is 8. The molecule has 3 aliphatic heterocycles. The fourth-order valence-electron chi connectivity index (χ4n) is 6.25. The number of benzene rings is 2. The van der Waals surface area contributed by atoms with E-state index in [1.165, 1.54) is 4.90 Å². The lowest BCUT2D eigenvalue weighted by atomic mass is 10.1. The number of halogens is 1. The second kappa shape index (κ2) is 13.0. The van der Waals surface area contributed by atoms with E-state index < -0.39 is 16.1 Å². The third-order valence-electron chi connectivity index (χ3n) is 8.58. The highest BCUT2D eigenvalue weighted by molar-refractivity contribution is 9.10. The van der Waals surface area contributed by atoms with Crippen LogP contribution in [0.2, 0.25) is 0 Å². The van der Waals surface area contributed by atoms with Gasteiger partial charge < -0.3 is 14.7 Å². The van der Waals surface area contributed by atoms with Crippen molar-refractivity contribution in [2.45, 2.75) is 56.5 Å². The summed E-state index contributed by atoms with van der Waals surface area (Å²) in [6, 6.07) is 9.68. The van der Waals surface area contributed by atoms with Crippen LogP contribution in [0.15, 0.2) is 45.8 Å². The molecule has 228 valence electrons. The van der Waals surface area contributed by atoms with Gasteiger partial charge in [0.15, 0.2) is 0 Å². The number of nitrogens with one attached hydrogen (secondary N) is 1. The molecule has 0 saturated carbocycles. The largest absolute Gasteiger partial charge is 0.340 e. The SMILES string of the molecule is CC(C)C(=O)N1CCN(C[C@@H]2CCCN2C(=O)CN2CCC[C@H](NS(=O)(=O)c3ccc4cc(Br)ccc4c3)C2=O)CC1. The number of likely N-dealkylation sites (tertiary alicyclic amines) is 2. The maximum atomic E-state index is 13.4. The quantitative estimate of drug-likeness (QED) is 0.466. The van der Waals surface area contributed by atoms with Gasteiger partial charge in [-0.05, 0) is 60.7 Å². The fraction of sp³-hybridized carbons (Fsp3) is 0.567. The van der Waals surface area contributed by atoms with Gasteiger partial charge in [0, 0.05) is 62.2 Å². The van der Waals surface area contributed by atoms with Crippen molar-refractivity contribution < 1.29 is 22.8 Å². The van der Waals surface area contributed by atoms with E-state index in [2.05, 4.69) is 25.6 Å². The number of sulfonamides is 1. The minimum Gasteiger partial charge on any atom is -0.340 e. The average molecular weight is 663 g/mol. The molecule has 2 aromatic rings. The van der Waals surface area contributed by atoms with Crippen LogP contribution in [0.4, 0.5) is 0 Å². The Labute approximate surface area is 256 Å². The number of piperidine rings is 1. The zero-order valence-electron chi connectivity index (χ0n) is 24.3. The molecule has 42 heavy (non-hydrogen) atoms. The third-order valence-corrected chi connectivity index (χ3v) is 10.5. The number of piperazine rings is 1. The molecule has 2 aromatic carbocycles. The molecule has 3 amide bonds. The van der Waals surface area contributed by atoms with Gasteiger partial charge in [-0.1, -0.05) is 41.9 Å². The Kier molecular flexibility index (Phi) is 9.56. The second-order valence-electron chi connectivity index (χ2n) is 11.9. The Morgan fingerprint density at radius 1 is 0.952 bits per heavy atom. The summed E-state index contributed by atoms with van der Waals surface area (Å²) in [4.78, 5) is 46.8. The molecule has 0 bridgehead atoms. The molecule has 0 aromatic heterocycles. The molecule has 0 aliphatic carbocycles. The monoisotopic (exact) mass is 661 g/mol. The van der Waals surface area contributed by atoms with Crippen molar-refractivity contribution in [2.75, 3.05) is 52.4 Å². The summed E-state index contributed by atoms with van der Waals surface area (Å²) in [5.41, 5.74) is 0. The van der Waals surface area contributed by atoms with E-state index >= 15 is 0 Å². The van der Waals surface area contributed by atoms with E-state index in [4.69, 9.17) is 0 Å². The zero-order chi connectivity index (χ0) is 30.0. The first-order chi connectivity index (χ1) is 20.0. The fourth-order valence-corrected chi connectivity index (χ4v) is 7.88. The Morgan fingerprint density at radius 2 is 1.64 bits per heavy atom. The van der Waals surface area contributed by atoms with Gasteiger partial charge in [-0.2, -0.15) is 4.72 Å². The van der Waals surface area contributed by atoms with Gasteiger partial charge in [0.1, 0.15) is 6.04 Å². The summed E-state index contributed by atoms with van der Waals surface area (Å²) >= 11 is 3.43. The van der Waals surface area contributed by atoms with Crippen molar-refractivity contribution in [3.8, 4) is 0 Å². The first kappa shape index (κ1) is 30.9. The van der Waals surface area contributed by atoms with Crippen LogP contribution in [0.1, 0.15) is 39.5 Å². The zero-order valence-corrected chi connectivity index (χ0v) is 26.7. The van der Waals surface area contributed by atoms with Crippen molar-refractivity contribution in [2.24, 2.45) is 5.92 Å². The van der Waals surface area contributed by atoms with Gasteiger partial charge in [-0.15, -0.1) is 0 Å². The molecule has 0 spiro atoms. The first-order valence-electron chi connectivity index (χ1n) is 14.8. The molecular formula is C30H40BrN5O5S. The van der Waals surface area contributed by atoms with E-state index in [9.17, 15) is 22.8 Å². The second-order valence-corrected chi connectivity index (χ2v) is 14.5. The van der Waals surface area contributed by atoms with Crippen LogP contribution < -0.4 is 4.72 Å². The van der Waals surface area contributed by atoms with Crippen molar-refractivity contribution in [3.63, 3.8) is 0 Å². The van der Waals surface area contributed by atoms with E-state index in [1.54, 1.807) is 18.2 Å². The maximum absolute atomic E-state index is 13.4. The topological polar surface area (TPSA) is 110 Å². The molecule has 5 rings (SSSR count). The molecule has 3 saturated heterocycles. The van der Waals surface area contributed by atoms with Crippen LogP contribution in [0.3, 0.4) is 0 Å². The van der Waals surface area contributed by atoms with Gasteiger partial charge in [0.05, 0.1) is 11.4 Å².